The van der Waals surface area contributed by atoms with E-state index in [4.69, 9.17) is 0 Å². The maximum Gasteiger partial charge on any atom is 0.0602 e. The first kappa shape index (κ1) is 34.0. The highest BCUT2D eigenvalue weighted by atomic mass is 14.9. The molecule has 0 atom stereocenters. The van der Waals surface area contributed by atoms with Crippen molar-refractivity contribution in [3.8, 4) is 0 Å². The summed E-state index contributed by atoms with van der Waals surface area (Å²) in [6, 6.07) is 16.7. The minimum absolute atomic E-state index is 0.749. The van der Waals surface area contributed by atoms with Crippen molar-refractivity contribution in [2.45, 2.75) is 91.5 Å². The first-order chi connectivity index (χ1) is 19.1. The number of nitrogens with zero attached hydrogens (tertiary/aromatic N) is 1. The van der Waals surface area contributed by atoms with Crippen LogP contribution in [-0.4, -0.2) is 13.8 Å². The van der Waals surface area contributed by atoms with Crippen LogP contribution in [0.25, 0.3) is 5.70 Å². The number of aliphatic imine (C=N–C) groups is 1. The summed E-state index contributed by atoms with van der Waals surface area (Å²) in [6.07, 6.45) is 20.2. The summed E-state index contributed by atoms with van der Waals surface area (Å²) in [6.45, 7) is 17.9. The van der Waals surface area contributed by atoms with Crippen LogP contribution in [0.15, 0.2) is 85.0 Å². The van der Waals surface area contributed by atoms with Gasteiger partial charge in [-0.3, -0.25) is 4.99 Å². The van der Waals surface area contributed by atoms with Gasteiger partial charge in [-0.25, -0.2) is 0 Å². The molecule has 2 aliphatic carbocycles. The molecule has 2 saturated carbocycles. The highest BCUT2D eigenvalue weighted by Crippen LogP contribution is 2.24. The van der Waals surface area contributed by atoms with Crippen molar-refractivity contribution in [3.05, 3.63) is 96.7 Å². The summed E-state index contributed by atoms with van der Waals surface area (Å²) in [5.41, 5.74) is 5.66. The van der Waals surface area contributed by atoms with Crippen molar-refractivity contribution < 1.29 is 0 Å². The maximum absolute atomic E-state index is 3.89. The molecule has 0 saturated heterocycles. The number of allylic oxidation sites excluding steroid dienone is 2. The number of nitrogens with one attached hydrogen (secondary N) is 2. The van der Waals surface area contributed by atoms with Gasteiger partial charge in [0.1, 0.15) is 0 Å². The second-order valence-corrected chi connectivity index (χ2v) is 10.2. The summed E-state index contributed by atoms with van der Waals surface area (Å²) in [7, 11) is 1.92. The van der Waals surface area contributed by atoms with Crippen LogP contribution in [0.3, 0.4) is 0 Å². The molecule has 2 aliphatic rings. The number of anilines is 1. The van der Waals surface area contributed by atoms with Gasteiger partial charge in [-0.2, -0.15) is 0 Å². The van der Waals surface area contributed by atoms with E-state index in [9.17, 15) is 0 Å². The van der Waals surface area contributed by atoms with Gasteiger partial charge in [0.2, 0.25) is 0 Å². The lowest BCUT2D eigenvalue weighted by molar-refractivity contribution is 0.420. The van der Waals surface area contributed by atoms with Crippen molar-refractivity contribution >= 4 is 18.1 Å². The van der Waals surface area contributed by atoms with Crippen molar-refractivity contribution in [2.24, 2.45) is 16.8 Å². The molecule has 0 bridgehead atoms. The summed E-state index contributed by atoms with van der Waals surface area (Å²) in [5.74, 6) is 1.70. The number of benzene rings is 2. The monoisotopic (exact) mass is 529 g/mol. The molecule has 0 amide bonds. The maximum atomic E-state index is 3.89. The van der Waals surface area contributed by atoms with Gasteiger partial charge >= 0.3 is 0 Å². The Kier molecular flexibility index (Phi) is 19.0. The predicted molar refractivity (Wildman–Crippen MR) is 176 cm³/mol. The molecule has 0 aliphatic heterocycles. The molecule has 0 unspecified atom stereocenters. The predicted octanol–water partition coefficient (Wildman–Crippen LogP) is 10.4. The van der Waals surface area contributed by atoms with Crippen LogP contribution in [0.4, 0.5) is 5.69 Å². The first-order valence-electron chi connectivity index (χ1n) is 15.1. The molecular weight excluding hydrogens is 474 g/mol. The molecule has 2 aromatic rings. The van der Waals surface area contributed by atoms with E-state index in [0.717, 1.165) is 35.3 Å². The van der Waals surface area contributed by atoms with Crippen molar-refractivity contribution in [1.82, 2.24) is 5.32 Å². The van der Waals surface area contributed by atoms with E-state index >= 15 is 0 Å². The number of rotatable bonds is 8. The van der Waals surface area contributed by atoms with Crippen LogP contribution in [0.1, 0.15) is 94.7 Å². The Balaban J connectivity index is 0.000000344. The van der Waals surface area contributed by atoms with Gasteiger partial charge in [0.05, 0.1) is 5.70 Å². The largest absolute Gasteiger partial charge is 0.388 e. The fourth-order valence-electron chi connectivity index (χ4n) is 4.77. The van der Waals surface area contributed by atoms with E-state index in [2.05, 4.69) is 103 Å². The van der Waals surface area contributed by atoms with Crippen molar-refractivity contribution in [1.29, 1.82) is 0 Å². The molecule has 3 heteroatoms. The van der Waals surface area contributed by atoms with Crippen LogP contribution in [0, 0.1) is 18.8 Å². The number of hydrogen-bond donors (Lipinski definition) is 2. The summed E-state index contributed by atoms with van der Waals surface area (Å²) >= 11 is 0. The Hall–Kier alpha value is -3.07. The minimum Gasteiger partial charge on any atom is -0.388 e. The van der Waals surface area contributed by atoms with Gasteiger partial charge in [0.25, 0.3) is 0 Å². The Morgan fingerprint density at radius 2 is 1.28 bits per heavy atom. The highest BCUT2D eigenvalue weighted by molar-refractivity contribution is 5.64. The van der Waals surface area contributed by atoms with E-state index in [1.807, 2.05) is 20.9 Å². The Labute approximate surface area is 240 Å². The molecule has 39 heavy (non-hydrogen) atoms. The Bertz CT molecular complexity index is 906. The third kappa shape index (κ3) is 14.6. The van der Waals surface area contributed by atoms with Gasteiger partial charge in [-0.1, -0.05) is 106 Å². The van der Waals surface area contributed by atoms with E-state index in [0.29, 0.717) is 0 Å². The molecule has 2 fully saturated rings. The third-order valence-electron chi connectivity index (χ3n) is 7.27. The van der Waals surface area contributed by atoms with Gasteiger partial charge in [-0.05, 0) is 74.4 Å². The first-order valence-corrected chi connectivity index (χ1v) is 15.1. The fraction of sp³-hybridized carbons (Fsp3) is 0.472. The van der Waals surface area contributed by atoms with E-state index in [1.54, 1.807) is 6.20 Å². The molecule has 2 aromatic carbocycles. The molecule has 0 radical (unpaired) electrons. The molecule has 0 spiro atoms. The Morgan fingerprint density at radius 1 is 0.795 bits per heavy atom. The van der Waals surface area contributed by atoms with Gasteiger partial charge in [0.15, 0.2) is 0 Å². The van der Waals surface area contributed by atoms with E-state index < -0.39 is 0 Å². The zero-order valence-electron chi connectivity index (χ0n) is 25.4. The molecule has 2 N–H and O–H groups in total. The second kappa shape index (κ2) is 21.8. The average Bonchev–Trinajstić information content (AvgIpc) is 3.02. The minimum atomic E-state index is 0.749. The highest BCUT2D eigenvalue weighted by Gasteiger charge is 2.08. The fourth-order valence-corrected chi connectivity index (χ4v) is 4.77. The van der Waals surface area contributed by atoms with Crippen molar-refractivity contribution in [3.63, 3.8) is 0 Å². The summed E-state index contributed by atoms with van der Waals surface area (Å²) in [4.78, 5) is 3.89. The zero-order chi connectivity index (χ0) is 28.7. The van der Waals surface area contributed by atoms with Crippen LogP contribution in [-0.2, 0) is 6.54 Å². The average molecular weight is 530 g/mol. The van der Waals surface area contributed by atoms with Crippen molar-refractivity contribution in [2.75, 3.05) is 12.4 Å². The van der Waals surface area contributed by atoms with Gasteiger partial charge < -0.3 is 10.6 Å². The SMILES string of the molecule is C=CC1CCCCC1.C=CC1CCCCC1.C=N/C=C(\NCc1ccc(NC)cc1)c1ccc(C)cc1.CC. The third-order valence-corrected chi connectivity index (χ3v) is 7.27. The summed E-state index contributed by atoms with van der Waals surface area (Å²) in [5, 5.41) is 6.53. The number of aryl methyl sites for hydroxylation is 1. The van der Waals surface area contributed by atoms with E-state index in [1.165, 1.54) is 75.3 Å². The van der Waals surface area contributed by atoms with E-state index in [-0.39, 0.29) is 0 Å². The lowest BCUT2D eigenvalue weighted by Crippen LogP contribution is -2.11. The van der Waals surface area contributed by atoms with Gasteiger partial charge in [-0.15, -0.1) is 13.2 Å². The second-order valence-electron chi connectivity index (χ2n) is 10.2. The smallest absolute Gasteiger partial charge is 0.0602 e. The molecule has 214 valence electrons. The standard InChI is InChI=1S/C18H21N3.2C8H14.C2H6/c1-14-4-8-16(9-5-14)18(13-19-2)21-12-15-6-10-17(20-3)11-7-15;2*1-2-8-6-4-3-5-7-8;1-2/h4-11,13,20-21H,2,12H2,1,3H3;2*2,8H,1,3-7H2;1-2H3/b18-13-;;;. The molecule has 0 aromatic heterocycles. The molecular formula is C36H55N3. The molecule has 3 nitrogen and oxygen atoms in total. The Morgan fingerprint density at radius 3 is 1.67 bits per heavy atom. The van der Waals surface area contributed by atoms with Crippen LogP contribution in [0.2, 0.25) is 0 Å². The summed E-state index contributed by atoms with van der Waals surface area (Å²) < 4.78 is 0. The quantitative estimate of drug-likeness (QED) is 0.263. The lowest BCUT2D eigenvalue weighted by atomic mass is 9.90. The molecule has 0 heterocycles. The zero-order valence-corrected chi connectivity index (χ0v) is 25.4. The van der Waals surface area contributed by atoms with Crippen LogP contribution < -0.4 is 10.6 Å². The topological polar surface area (TPSA) is 36.4 Å². The number of hydrogen-bond acceptors (Lipinski definition) is 3. The molecule has 4 rings (SSSR count). The normalized spacial score (nSPS) is 15.5. The van der Waals surface area contributed by atoms with Crippen LogP contribution in [0.5, 0.6) is 0 Å². The lowest BCUT2D eigenvalue weighted by Gasteiger charge is -2.16. The van der Waals surface area contributed by atoms with Crippen LogP contribution >= 0.6 is 0 Å². The van der Waals surface area contributed by atoms with Gasteiger partial charge in [0, 0.05) is 25.5 Å².